The van der Waals surface area contributed by atoms with Crippen molar-refractivity contribution in [1.82, 2.24) is 15.5 Å². The van der Waals surface area contributed by atoms with Gasteiger partial charge in [0.2, 0.25) is 0 Å². The zero-order chi connectivity index (χ0) is 17.7. The molecule has 3 N–H and O–H groups in total. The molecule has 0 aliphatic heterocycles. The van der Waals surface area contributed by atoms with E-state index in [1.54, 1.807) is 0 Å². The molecule has 0 heterocycles. The van der Waals surface area contributed by atoms with Crippen LogP contribution >= 0.6 is 0 Å². The maximum absolute atomic E-state index is 9.44. The van der Waals surface area contributed by atoms with Crippen molar-refractivity contribution in [3.8, 4) is 0 Å². The molecular weight excluding hydrogens is 300 g/mol. The highest BCUT2D eigenvalue weighted by Gasteiger charge is 2.31. The van der Waals surface area contributed by atoms with E-state index in [0.29, 0.717) is 0 Å². The van der Waals surface area contributed by atoms with Crippen LogP contribution in [0.25, 0.3) is 0 Å². The Bertz CT molecular complexity index is 335. The van der Waals surface area contributed by atoms with Crippen LogP contribution in [-0.4, -0.2) is 62.3 Å². The Morgan fingerprint density at radius 3 is 2.50 bits per heavy atom. The van der Waals surface area contributed by atoms with Crippen molar-refractivity contribution in [2.45, 2.75) is 65.2 Å². The molecule has 5 nitrogen and oxygen atoms in total. The highest BCUT2D eigenvalue weighted by Crippen LogP contribution is 2.39. The molecule has 1 rings (SSSR count). The first-order valence-electron chi connectivity index (χ1n) is 9.97. The van der Waals surface area contributed by atoms with Gasteiger partial charge in [-0.3, -0.25) is 4.99 Å². The van der Waals surface area contributed by atoms with Gasteiger partial charge in [-0.05, 0) is 51.6 Å². The van der Waals surface area contributed by atoms with Gasteiger partial charge in [0.25, 0.3) is 0 Å². The van der Waals surface area contributed by atoms with E-state index >= 15 is 0 Å². The van der Waals surface area contributed by atoms with Crippen molar-refractivity contribution in [3.05, 3.63) is 0 Å². The summed E-state index contributed by atoms with van der Waals surface area (Å²) in [4.78, 5) is 7.22. The molecule has 1 aliphatic carbocycles. The summed E-state index contributed by atoms with van der Waals surface area (Å²) in [7, 11) is 2.18. The Kier molecular flexibility index (Phi) is 11.1. The molecule has 0 amide bonds. The minimum absolute atomic E-state index is 0.216. The van der Waals surface area contributed by atoms with E-state index in [1.807, 2.05) is 0 Å². The number of likely N-dealkylation sites (N-methyl/N-ethyl adjacent to an activating group) is 1. The Labute approximate surface area is 149 Å². The fourth-order valence-corrected chi connectivity index (χ4v) is 3.52. The molecule has 0 saturated heterocycles. The van der Waals surface area contributed by atoms with Crippen molar-refractivity contribution >= 4 is 5.96 Å². The quantitative estimate of drug-likeness (QED) is 0.400. The number of rotatable bonds is 11. The fraction of sp³-hybridized carbons (Fsp3) is 0.947. The molecule has 24 heavy (non-hydrogen) atoms. The van der Waals surface area contributed by atoms with E-state index in [4.69, 9.17) is 4.99 Å². The molecule has 142 valence electrons. The van der Waals surface area contributed by atoms with Crippen LogP contribution in [0.5, 0.6) is 0 Å². The molecule has 0 bridgehead atoms. The molecule has 0 aromatic heterocycles. The third-order valence-electron chi connectivity index (χ3n) is 5.15. The highest BCUT2D eigenvalue weighted by atomic mass is 16.3. The number of unbranched alkanes of at least 4 members (excludes halogenated alkanes) is 1. The van der Waals surface area contributed by atoms with Crippen molar-refractivity contribution in [2.24, 2.45) is 10.4 Å². The largest absolute Gasteiger partial charge is 0.396 e. The van der Waals surface area contributed by atoms with Crippen LogP contribution in [0.4, 0.5) is 0 Å². The number of guanidine groups is 1. The molecule has 0 atom stereocenters. The summed E-state index contributed by atoms with van der Waals surface area (Å²) < 4.78 is 0. The fourth-order valence-electron chi connectivity index (χ4n) is 3.52. The Morgan fingerprint density at radius 1 is 1.12 bits per heavy atom. The zero-order valence-electron chi connectivity index (χ0n) is 16.2. The van der Waals surface area contributed by atoms with Gasteiger partial charge in [0.1, 0.15) is 0 Å². The number of nitrogens with one attached hydrogen (secondary N) is 2. The van der Waals surface area contributed by atoms with Gasteiger partial charge in [0.05, 0.1) is 0 Å². The van der Waals surface area contributed by atoms with Gasteiger partial charge >= 0.3 is 0 Å². The number of hydrogen-bond donors (Lipinski definition) is 3. The molecule has 0 aromatic rings. The predicted octanol–water partition coefficient (Wildman–Crippen LogP) is 2.61. The lowest BCUT2D eigenvalue weighted by atomic mass is 9.72. The predicted molar refractivity (Wildman–Crippen MR) is 104 cm³/mol. The maximum Gasteiger partial charge on any atom is 0.191 e. The smallest absolute Gasteiger partial charge is 0.191 e. The second-order valence-electron chi connectivity index (χ2n) is 7.31. The highest BCUT2D eigenvalue weighted by molar-refractivity contribution is 5.79. The van der Waals surface area contributed by atoms with Gasteiger partial charge in [-0.1, -0.05) is 32.6 Å². The van der Waals surface area contributed by atoms with Crippen LogP contribution in [0.1, 0.15) is 65.2 Å². The number of aliphatic hydroxyl groups excluding tert-OH is 1. The van der Waals surface area contributed by atoms with Crippen molar-refractivity contribution in [2.75, 3.05) is 46.4 Å². The molecule has 0 spiro atoms. The first kappa shape index (κ1) is 21.2. The molecule has 1 fully saturated rings. The monoisotopic (exact) mass is 340 g/mol. The lowest BCUT2D eigenvalue weighted by Gasteiger charge is -2.35. The molecule has 0 radical (unpaired) electrons. The first-order valence-corrected chi connectivity index (χ1v) is 9.97. The standard InChI is InChI=1S/C19H40N4O/c1-4-6-14-23(3)15-13-21-18(20-5-2)22-17-19(12-16-24)10-8-7-9-11-19/h24H,4-17H2,1-3H3,(H2,20,21,22). The lowest BCUT2D eigenvalue weighted by Crippen LogP contribution is -2.42. The Balaban J connectivity index is 2.47. The van der Waals surface area contributed by atoms with Gasteiger partial charge in [0.15, 0.2) is 5.96 Å². The van der Waals surface area contributed by atoms with Crippen LogP contribution in [0.2, 0.25) is 0 Å². The summed E-state index contributed by atoms with van der Waals surface area (Å²) in [6.07, 6.45) is 9.69. The topological polar surface area (TPSA) is 59.9 Å². The van der Waals surface area contributed by atoms with Crippen LogP contribution in [-0.2, 0) is 0 Å². The number of hydrogen-bond acceptors (Lipinski definition) is 3. The molecular formula is C19H40N4O. The number of nitrogens with zero attached hydrogens (tertiary/aromatic N) is 2. The normalized spacial score (nSPS) is 18.0. The van der Waals surface area contributed by atoms with E-state index in [1.165, 1.54) is 44.9 Å². The van der Waals surface area contributed by atoms with Gasteiger partial charge in [-0.2, -0.15) is 0 Å². The zero-order valence-corrected chi connectivity index (χ0v) is 16.2. The Hall–Kier alpha value is -0.810. The van der Waals surface area contributed by atoms with Crippen LogP contribution in [0.15, 0.2) is 4.99 Å². The van der Waals surface area contributed by atoms with Gasteiger partial charge in [-0.25, -0.2) is 0 Å². The minimum atomic E-state index is 0.216. The lowest BCUT2D eigenvalue weighted by molar-refractivity contribution is 0.137. The van der Waals surface area contributed by atoms with Gasteiger partial charge < -0.3 is 20.6 Å². The molecule has 1 saturated carbocycles. The summed E-state index contributed by atoms with van der Waals surface area (Å²) in [5.41, 5.74) is 0.216. The number of aliphatic imine (C=N–C) groups is 1. The summed E-state index contributed by atoms with van der Waals surface area (Å²) in [6, 6.07) is 0. The van der Waals surface area contributed by atoms with Crippen molar-refractivity contribution in [1.29, 1.82) is 0 Å². The third kappa shape index (κ3) is 8.34. The van der Waals surface area contributed by atoms with Crippen LogP contribution in [0, 0.1) is 5.41 Å². The second-order valence-corrected chi connectivity index (χ2v) is 7.31. The molecule has 1 aliphatic rings. The van der Waals surface area contributed by atoms with E-state index in [9.17, 15) is 5.11 Å². The molecule has 0 aromatic carbocycles. The summed E-state index contributed by atoms with van der Waals surface area (Å²) in [6.45, 7) is 9.43. The summed E-state index contributed by atoms with van der Waals surface area (Å²) in [5, 5.41) is 16.3. The van der Waals surface area contributed by atoms with Crippen LogP contribution < -0.4 is 10.6 Å². The first-order chi connectivity index (χ1) is 11.7. The van der Waals surface area contributed by atoms with Crippen molar-refractivity contribution in [3.63, 3.8) is 0 Å². The Morgan fingerprint density at radius 2 is 1.88 bits per heavy atom. The third-order valence-corrected chi connectivity index (χ3v) is 5.15. The van der Waals surface area contributed by atoms with E-state index in [2.05, 4.69) is 36.4 Å². The molecule has 0 unspecified atom stereocenters. The van der Waals surface area contributed by atoms with E-state index in [0.717, 1.165) is 45.1 Å². The average molecular weight is 341 g/mol. The van der Waals surface area contributed by atoms with Crippen LogP contribution in [0.3, 0.4) is 0 Å². The summed E-state index contributed by atoms with van der Waals surface area (Å²) >= 11 is 0. The minimum Gasteiger partial charge on any atom is -0.396 e. The second kappa shape index (κ2) is 12.5. The van der Waals surface area contributed by atoms with Gasteiger partial charge in [-0.15, -0.1) is 0 Å². The van der Waals surface area contributed by atoms with E-state index < -0.39 is 0 Å². The maximum atomic E-state index is 9.44. The molecule has 5 heteroatoms. The van der Waals surface area contributed by atoms with E-state index in [-0.39, 0.29) is 12.0 Å². The summed E-state index contributed by atoms with van der Waals surface area (Å²) in [5.74, 6) is 0.921. The van der Waals surface area contributed by atoms with Crippen molar-refractivity contribution < 1.29 is 5.11 Å². The number of aliphatic hydroxyl groups is 1. The SMILES string of the molecule is CCCCN(C)CCNC(=NCC1(CCO)CCCCC1)NCC. The average Bonchev–Trinajstić information content (AvgIpc) is 2.59. The van der Waals surface area contributed by atoms with Gasteiger partial charge in [0, 0.05) is 32.8 Å².